The molecule has 2 amide bonds. The monoisotopic (exact) mass is 690 g/mol. The number of aromatic nitrogens is 1. The first-order valence-corrected chi connectivity index (χ1v) is 17.1. The van der Waals surface area contributed by atoms with Gasteiger partial charge in [-0.3, -0.25) is 9.69 Å². The van der Waals surface area contributed by atoms with Gasteiger partial charge in [-0.25, -0.2) is 18.2 Å². The molecule has 47 heavy (non-hydrogen) atoms. The maximum absolute atomic E-state index is 13.9. The lowest BCUT2D eigenvalue weighted by Crippen LogP contribution is -2.53. The van der Waals surface area contributed by atoms with Gasteiger partial charge in [-0.05, 0) is 60.4 Å². The summed E-state index contributed by atoms with van der Waals surface area (Å²) in [6.07, 6.45) is -8.07. The Balaban J connectivity index is 1.35. The smallest absolute Gasteiger partial charge is 0.416 e. The number of cyclic esters (lactones) is 1. The van der Waals surface area contributed by atoms with E-state index in [1.807, 2.05) is 13.8 Å². The molecule has 250 valence electrons. The highest BCUT2D eigenvalue weighted by Gasteiger charge is 2.40. The average Bonchev–Trinajstić information content (AvgIpc) is 3.66. The zero-order valence-corrected chi connectivity index (χ0v) is 27.1. The summed E-state index contributed by atoms with van der Waals surface area (Å²) in [5, 5.41) is 14.3. The van der Waals surface area contributed by atoms with E-state index >= 15 is 0 Å². The van der Waals surface area contributed by atoms with Crippen LogP contribution in [0.5, 0.6) is 0 Å². The third kappa shape index (κ3) is 8.09. The van der Waals surface area contributed by atoms with Crippen LogP contribution in [0.1, 0.15) is 25.0 Å². The molecule has 15 heteroatoms. The van der Waals surface area contributed by atoms with Crippen molar-refractivity contribution in [1.29, 1.82) is 0 Å². The summed E-state index contributed by atoms with van der Waals surface area (Å²) >= 11 is 1.31. The van der Waals surface area contributed by atoms with Crippen LogP contribution in [0.15, 0.2) is 83.2 Å². The highest BCUT2D eigenvalue weighted by molar-refractivity contribution is 7.89. The molecule has 0 radical (unpaired) electrons. The number of amides is 2. The largest absolute Gasteiger partial charge is 0.434 e. The van der Waals surface area contributed by atoms with E-state index in [9.17, 15) is 36.3 Å². The number of sulfonamides is 1. The fraction of sp³-hybridized carbons (Fsp3) is 0.344. The van der Waals surface area contributed by atoms with Gasteiger partial charge in [0, 0.05) is 18.8 Å². The van der Waals surface area contributed by atoms with Crippen molar-refractivity contribution >= 4 is 49.3 Å². The van der Waals surface area contributed by atoms with Crippen molar-refractivity contribution in [3.05, 3.63) is 89.4 Å². The molecule has 4 aromatic rings. The molecule has 0 bridgehead atoms. The number of carbonyl (C=O) groups is 2. The van der Waals surface area contributed by atoms with Crippen LogP contribution in [-0.2, 0) is 32.2 Å². The van der Waals surface area contributed by atoms with Crippen molar-refractivity contribution in [2.75, 3.05) is 24.5 Å². The number of hydrogen-bond donors (Lipinski definition) is 2. The lowest BCUT2D eigenvalue weighted by atomic mass is 10.0. The first-order chi connectivity index (χ1) is 22.2. The Hall–Kier alpha value is -4.05. The standard InChI is InChI=1S/C32H33F3N4O6S2/c1-20(2)16-38(47(43,44)24-12-13-25-29(15-24)46-19-36-25)17-27(40)26(14-21-6-4-3-5-7-21)37-30(41)28-18-39(31(42)45-28)23-10-8-22(9-11-23)32(33,34)35/h3-13,15,19-20,26-28,40H,14,16-18H2,1-2H3,(H,37,41)/t26-,27+,28-/m0/s1. The Bertz CT molecular complexity index is 1820. The van der Waals surface area contributed by atoms with Gasteiger partial charge in [-0.1, -0.05) is 44.2 Å². The van der Waals surface area contributed by atoms with Gasteiger partial charge in [0.2, 0.25) is 10.0 Å². The quantitative estimate of drug-likeness (QED) is 0.212. The maximum Gasteiger partial charge on any atom is 0.416 e. The van der Waals surface area contributed by atoms with Crippen molar-refractivity contribution in [2.24, 2.45) is 5.92 Å². The molecule has 1 aliphatic heterocycles. The summed E-state index contributed by atoms with van der Waals surface area (Å²) in [5.74, 6) is -0.845. The Morgan fingerprint density at radius 1 is 1.11 bits per heavy atom. The van der Waals surface area contributed by atoms with Gasteiger partial charge in [-0.2, -0.15) is 17.5 Å². The molecule has 0 spiro atoms. The number of anilines is 1. The van der Waals surface area contributed by atoms with Gasteiger partial charge in [0.05, 0.1) is 44.9 Å². The van der Waals surface area contributed by atoms with Gasteiger partial charge >= 0.3 is 12.3 Å². The second kappa shape index (κ2) is 14.0. The molecule has 3 atom stereocenters. The number of aliphatic hydroxyl groups excluding tert-OH is 1. The van der Waals surface area contributed by atoms with E-state index in [0.29, 0.717) is 10.2 Å². The molecule has 1 aliphatic rings. The van der Waals surface area contributed by atoms with Gasteiger partial charge in [0.1, 0.15) is 0 Å². The number of rotatable bonds is 12. The number of ether oxygens (including phenoxy) is 1. The number of hydrogen-bond acceptors (Lipinski definition) is 8. The molecule has 1 aromatic heterocycles. The number of fused-ring (bicyclic) bond motifs is 1. The van der Waals surface area contributed by atoms with E-state index < -0.39 is 52.0 Å². The Kier molecular flexibility index (Phi) is 10.2. The molecule has 1 fully saturated rings. The SMILES string of the molecule is CC(C)CN(C[C@@H](O)[C@H](Cc1ccccc1)NC(=O)[C@@H]1CN(c2ccc(C(F)(F)F)cc2)C(=O)O1)S(=O)(=O)c1ccc2ncsc2c1. The van der Waals surface area contributed by atoms with Crippen LogP contribution in [0.3, 0.4) is 0 Å². The number of benzene rings is 3. The third-order valence-electron chi connectivity index (χ3n) is 7.60. The van der Waals surface area contributed by atoms with Gasteiger partial charge in [-0.15, -0.1) is 11.3 Å². The fourth-order valence-corrected chi connectivity index (χ4v) is 7.67. The van der Waals surface area contributed by atoms with Gasteiger partial charge in [0.15, 0.2) is 6.10 Å². The van der Waals surface area contributed by atoms with E-state index in [1.54, 1.807) is 48.0 Å². The van der Waals surface area contributed by atoms with Crippen LogP contribution < -0.4 is 10.2 Å². The average molecular weight is 691 g/mol. The number of alkyl halides is 3. The minimum Gasteiger partial charge on any atom is -0.434 e. The van der Waals surface area contributed by atoms with Crippen LogP contribution in [-0.4, -0.2) is 72.7 Å². The number of halogens is 3. The minimum atomic E-state index is -4.56. The van der Waals surface area contributed by atoms with E-state index in [-0.39, 0.29) is 42.6 Å². The van der Waals surface area contributed by atoms with E-state index in [0.717, 1.165) is 34.7 Å². The molecule has 1 saturated heterocycles. The molecule has 2 N–H and O–H groups in total. The normalized spacial score (nSPS) is 16.9. The number of carbonyl (C=O) groups excluding carboxylic acids is 2. The van der Waals surface area contributed by atoms with Crippen molar-refractivity contribution in [1.82, 2.24) is 14.6 Å². The summed E-state index contributed by atoms with van der Waals surface area (Å²) in [4.78, 5) is 31.3. The van der Waals surface area contributed by atoms with Crippen LogP contribution in [0.2, 0.25) is 0 Å². The second-order valence-corrected chi connectivity index (χ2v) is 14.4. The summed E-state index contributed by atoms with van der Waals surface area (Å²) in [7, 11) is -4.08. The Morgan fingerprint density at radius 2 is 1.81 bits per heavy atom. The van der Waals surface area contributed by atoms with Crippen LogP contribution in [0.25, 0.3) is 10.2 Å². The number of aliphatic hydroxyl groups is 1. The zero-order chi connectivity index (χ0) is 33.9. The molecule has 3 aromatic carbocycles. The predicted octanol–water partition coefficient (Wildman–Crippen LogP) is 5.08. The summed E-state index contributed by atoms with van der Waals surface area (Å²) in [6, 6.07) is 16.5. The first kappa shape index (κ1) is 34.3. The molecule has 0 saturated carbocycles. The number of nitrogens with zero attached hydrogens (tertiary/aromatic N) is 3. The molecule has 0 unspecified atom stereocenters. The summed E-state index contributed by atoms with van der Waals surface area (Å²) in [6.45, 7) is 3.16. The Morgan fingerprint density at radius 3 is 2.47 bits per heavy atom. The molecule has 5 rings (SSSR count). The fourth-order valence-electron chi connectivity index (χ4n) is 5.23. The number of nitrogens with one attached hydrogen (secondary N) is 1. The summed E-state index contributed by atoms with van der Waals surface area (Å²) < 4.78 is 73.9. The first-order valence-electron chi connectivity index (χ1n) is 14.7. The van der Waals surface area contributed by atoms with Crippen LogP contribution >= 0.6 is 11.3 Å². The zero-order valence-electron chi connectivity index (χ0n) is 25.4. The van der Waals surface area contributed by atoms with E-state index in [4.69, 9.17) is 4.74 Å². The lowest BCUT2D eigenvalue weighted by molar-refractivity contribution is -0.137. The third-order valence-corrected chi connectivity index (χ3v) is 10.2. The molecule has 10 nitrogen and oxygen atoms in total. The summed E-state index contributed by atoms with van der Waals surface area (Å²) in [5.41, 5.74) is 2.27. The molecular weight excluding hydrogens is 658 g/mol. The van der Waals surface area contributed by atoms with Crippen molar-refractivity contribution in [2.45, 2.75) is 49.6 Å². The highest BCUT2D eigenvalue weighted by atomic mass is 32.2. The minimum absolute atomic E-state index is 0.0481. The van der Waals surface area contributed by atoms with E-state index in [2.05, 4.69) is 10.3 Å². The van der Waals surface area contributed by atoms with Crippen LogP contribution in [0.4, 0.5) is 23.7 Å². The predicted molar refractivity (Wildman–Crippen MR) is 170 cm³/mol. The van der Waals surface area contributed by atoms with Crippen molar-refractivity contribution in [3.63, 3.8) is 0 Å². The van der Waals surface area contributed by atoms with Gasteiger partial charge < -0.3 is 15.2 Å². The van der Waals surface area contributed by atoms with Crippen molar-refractivity contribution in [3.8, 4) is 0 Å². The molecule has 0 aliphatic carbocycles. The topological polar surface area (TPSA) is 129 Å². The van der Waals surface area contributed by atoms with Crippen LogP contribution in [0, 0.1) is 5.92 Å². The molecule has 2 heterocycles. The second-order valence-electron chi connectivity index (χ2n) is 11.6. The maximum atomic E-state index is 13.9. The van der Waals surface area contributed by atoms with Crippen molar-refractivity contribution < 1.29 is 41.0 Å². The lowest BCUT2D eigenvalue weighted by Gasteiger charge is -2.31. The van der Waals surface area contributed by atoms with Gasteiger partial charge in [0.25, 0.3) is 5.91 Å². The Labute approximate surface area is 273 Å². The van der Waals surface area contributed by atoms with E-state index in [1.165, 1.54) is 21.7 Å². The highest BCUT2D eigenvalue weighted by Crippen LogP contribution is 2.32. The number of thiazole rings is 1. The molecular formula is C32H33F3N4O6S2.